The molecule has 30 heavy (non-hydrogen) atoms. The van der Waals surface area contributed by atoms with Crippen molar-refractivity contribution in [3.05, 3.63) is 60.2 Å². The number of aliphatic hydroxyl groups is 1. The number of anilines is 1. The van der Waals surface area contributed by atoms with Gasteiger partial charge in [0.05, 0.1) is 29.5 Å². The number of benzene rings is 2. The van der Waals surface area contributed by atoms with Gasteiger partial charge in [0.15, 0.2) is 0 Å². The fourth-order valence-corrected chi connectivity index (χ4v) is 5.32. The van der Waals surface area contributed by atoms with Gasteiger partial charge >= 0.3 is 0 Å². The molecule has 1 aliphatic heterocycles. The van der Waals surface area contributed by atoms with E-state index in [1.165, 1.54) is 28.2 Å². The van der Waals surface area contributed by atoms with Crippen LogP contribution in [0.3, 0.4) is 0 Å². The number of hydrogen-bond donors (Lipinski definition) is 2. The number of morpholine rings is 1. The van der Waals surface area contributed by atoms with Crippen molar-refractivity contribution < 1.29 is 23.1 Å². The zero-order valence-corrected chi connectivity index (χ0v) is 18.4. The van der Waals surface area contributed by atoms with E-state index in [9.17, 15) is 18.3 Å². The maximum atomic E-state index is 12.8. The summed E-state index contributed by atoms with van der Waals surface area (Å²) in [7, 11) is -3.63. The number of hydrogen-bond acceptors (Lipinski definition) is 6. The minimum Gasteiger partial charge on any atom is -0.388 e. The lowest BCUT2D eigenvalue weighted by molar-refractivity contribution is -0.115. The second-order valence-electron chi connectivity index (χ2n) is 6.94. The number of ether oxygens (including phenoxy) is 1. The van der Waals surface area contributed by atoms with Crippen molar-refractivity contribution in [1.29, 1.82) is 0 Å². The van der Waals surface area contributed by atoms with Crippen molar-refractivity contribution >= 4 is 33.4 Å². The van der Waals surface area contributed by atoms with E-state index in [4.69, 9.17) is 4.74 Å². The molecule has 0 radical (unpaired) electrons. The molecule has 1 heterocycles. The predicted molar refractivity (Wildman–Crippen MR) is 118 cm³/mol. The number of nitrogens with zero attached hydrogens (tertiary/aromatic N) is 1. The van der Waals surface area contributed by atoms with Gasteiger partial charge in [-0.1, -0.05) is 36.4 Å². The molecule has 162 valence electrons. The summed E-state index contributed by atoms with van der Waals surface area (Å²) in [6.45, 7) is 3.14. The topological polar surface area (TPSA) is 95.9 Å². The van der Waals surface area contributed by atoms with Crippen LogP contribution in [0.25, 0.3) is 0 Å². The van der Waals surface area contributed by atoms with Gasteiger partial charge in [0.25, 0.3) is 0 Å². The van der Waals surface area contributed by atoms with Gasteiger partial charge in [0.1, 0.15) is 0 Å². The molecule has 2 atom stereocenters. The van der Waals surface area contributed by atoms with E-state index in [1.54, 1.807) is 19.1 Å². The Morgan fingerprint density at radius 1 is 1.17 bits per heavy atom. The smallest absolute Gasteiger partial charge is 0.243 e. The molecule has 0 spiro atoms. The van der Waals surface area contributed by atoms with E-state index >= 15 is 0 Å². The van der Waals surface area contributed by atoms with Gasteiger partial charge in [-0.05, 0) is 30.7 Å². The van der Waals surface area contributed by atoms with E-state index in [0.717, 1.165) is 5.56 Å². The summed E-state index contributed by atoms with van der Waals surface area (Å²) < 4.78 is 32.2. The zero-order valence-electron chi connectivity index (χ0n) is 16.7. The molecule has 0 bridgehead atoms. The third-order valence-electron chi connectivity index (χ3n) is 4.77. The van der Waals surface area contributed by atoms with Crippen LogP contribution < -0.4 is 5.32 Å². The Balaban J connectivity index is 1.59. The summed E-state index contributed by atoms with van der Waals surface area (Å²) in [6, 6.07) is 15.5. The van der Waals surface area contributed by atoms with Crippen LogP contribution in [0.4, 0.5) is 5.69 Å². The van der Waals surface area contributed by atoms with E-state index in [1.807, 2.05) is 30.3 Å². The molecule has 3 rings (SSSR count). The lowest BCUT2D eigenvalue weighted by Gasteiger charge is -2.26. The highest BCUT2D eigenvalue weighted by atomic mass is 32.2. The van der Waals surface area contributed by atoms with Crippen LogP contribution in [-0.4, -0.2) is 61.0 Å². The maximum absolute atomic E-state index is 12.8. The van der Waals surface area contributed by atoms with E-state index in [-0.39, 0.29) is 10.8 Å². The Labute approximate surface area is 181 Å². The molecule has 1 aliphatic rings. The maximum Gasteiger partial charge on any atom is 0.243 e. The number of aliphatic hydroxyl groups excluding tert-OH is 1. The quantitative estimate of drug-likeness (QED) is 0.642. The van der Waals surface area contributed by atoms with Gasteiger partial charge in [0, 0.05) is 24.5 Å². The van der Waals surface area contributed by atoms with Gasteiger partial charge in [-0.25, -0.2) is 8.42 Å². The average Bonchev–Trinajstić information content (AvgIpc) is 2.78. The highest BCUT2D eigenvalue weighted by molar-refractivity contribution is 8.00. The van der Waals surface area contributed by atoms with Crippen molar-refractivity contribution in [3.63, 3.8) is 0 Å². The Morgan fingerprint density at radius 2 is 1.87 bits per heavy atom. The number of carbonyl (C=O) groups is 1. The van der Waals surface area contributed by atoms with Gasteiger partial charge in [-0.2, -0.15) is 4.31 Å². The molecule has 9 heteroatoms. The number of rotatable bonds is 8. The van der Waals surface area contributed by atoms with Crippen LogP contribution in [-0.2, 0) is 19.6 Å². The predicted octanol–water partition coefficient (Wildman–Crippen LogP) is 2.50. The minimum absolute atomic E-state index is 0.141. The lowest BCUT2D eigenvalue weighted by atomic mass is 10.1. The number of thioether (sulfide) groups is 1. The molecule has 2 unspecified atom stereocenters. The molecule has 7 nitrogen and oxygen atoms in total. The van der Waals surface area contributed by atoms with Crippen LogP contribution in [0.2, 0.25) is 0 Å². The summed E-state index contributed by atoms with van der Waals surface area (Å²) in [5.74, 6) is 0.130. The minimum atomic E-state index is -3.63. The van der Waals surface area contributed by atoms with Crippen LogP contribution in [0, 0.1) is 0 Å². The first kappa shape index (κ1) is 22.8. The number of carbonyl (C=O) groups excluding carboxylic acids is 1. The molecule has 1 amide bonds. The fraction of sp³-hybridized carbons (Fsp3) is 0.381. The van der Waals surface area contributed by atoms with E-state index in [2.05, 4.69) is 5.32 Å². The monoisotopic (exact) mass is 450 g/mol. The van der Waals surface area contributed by atoms with Crippen molar-refractivity contribution in [2.45, 2.75) is 23.2 Å². The summed E-state index contributed by atoms with van der Waals surface area (Å²) in [4.78, 5) is 12.7. The summed E-state index contributed by atoms with van der Waals surface area (Å²) in [5, 5.41) is 12.6. The van der Waals surface area contributed by atoms with Crippen molar-refractivity contribution in [3.8, 4) is 0 Å². The van der Waals surface area contributed by atoms with E-state index in [0.29, 0.717) is 37.7 Å². The molecular weight excluding hydrogens is 424 g/mol. The van der Waals surface area contributed by atoms with Crippen LogP contribution in [0.15, 0.2) is 59.5 Å². The Bertz CT molecular complexity index is 947. The molecule has 1 fully saturated rings. The van der Waals surface area contributed by atoms with Gasteiger partial charge < -0.3 is 15.2 Å². The molecule has 2 aromatic rings. The summed E-state index contributed by atoms with van der Waals surface area (Å²) in [6.07, 6.45) is -0.659. The van der Waals surface area contributed by atoms with Crippen molar-refractivity contribution in [2.75, 3.05) is 37.4 Å². The number of amides is 1. The first-order valence-corrected chi connectivity index (χ1v) is 12.2. The third-order valence-corrected chi connectivity index (χ3v) is 7.88. The molecule has 2 aromatic carbocycles. The van der Waals surface area contributed by atoms with Gasteiger partial charge in [-0.15, -0.1) is 11.8 Å². The second-order valence-corrected chi connectivity index (χ2v) is 10.2. The average molecular weight is 451 g/mol. The van der Waals surface area contributed by atoms with Crippen LogP contribution in [0.1, 0.15) is 18.6 Å². The first-order chi connectivity index (χ1) is 14.4. The Kier molecular flexibility index (Phi) is 7.90. The van der Waals surface area contributed by atoms with Gasteiger partial charge in [0.2, 0.25) is 15.9 Å². The highest BCUT2D eigenvalue weighted by Gasteiger charge is 2.26. The van der Waals surface area contributed by atoms with E-state index < -0.39 is 21.4 Å². The second kappa shape index (κ2) is 10.4. The standard InChI is InChI=1S/C21H26N2O5S2/c1-16(29-15-20(24)17-6-3-2-4-7-17)21(25)22-18-8-5-9-19(14-18)30(26,27)23-10-12-28-13-11-23/h2-9,14,16,20,24H,10-13,15H2,1H3,(H,22,25). The Hall–Kier alpha value is -1.91. The van der Waals surface area contributed by atoms with Gasteiger partial charge in [-0.3, -0.25) is 4.79 Å². The SMILES string of the molecule is CC(SCC(O)c1ccccc1)C(=O)Nc1cccc(S(=O)(=O)N2CCOCC2)c1. The fourth-order valence-electron chi connectivity index (χ4n) is 3.00. The normalized spacial score (nSPS) is 17.3. The summed E-state index contributed by atoms with van der Waals surface area (Å²) >= 11 is 1.34. The van der Waals surface area contributed by atoms with Crippen LogP contribution >= 0.6 is 11.8 Å². The molecular formula is C21H26N2O5S2. The Morgan fingerprint density at radius 3 is 2.57 bits per heavy atom. The van der Waals surface area contributed by atoms with Crippen molar-refractivity contribution in [1.82, 2.24) is 4.31 Å². The molecule has 0 saturated carbocycles. The molecule has 2 N–H and O–H groups in total. The van der Waals surface area contributed by atoms with Crippen LogP contribution in [0.5, 0.6) is 0 Å². The highest BCUT2D eigenvalue weighted by Crippen LogP contribution is 2.24. The first-order valence-electron chi connectivity index (χ1n) is 9.71. The van der Waals surface area contributed by atoms with Crippen molar-refractivity contribution in [2.24, 2.45) is 0 Å². The number of nitrogens with one attached hydrogen (secondary N) is 1. The molecule has 0 aromatic heterocycles. The third kappa shape index (κ3) is 5.83. The molecule has 1 saturated heterocycles. The number of sulfonamides is 1. The molecule has 0 aliphatic carbocycles. The largest absolute Gasteiger partial charge is 0.388 e. The lowest BCUT2D eigenvalue weighted by Crippen LogP contribution is -2.40. The zero-order chi connectivity index (χ0) is 21.6. The summed E-state index contributed by atoms with van der Waals surface area (Å²) in [5.41, 5.74) is 1.23.